The number of nitrogens with one attached hydrogen (secondary N) is 2. The number of piperidine rings is 1. The molecule has 0 radical (unpaired) electrons. The monoisotopic (exact) mass is 280 g/mol. The van der Waals surface area contributed by atoms with Crippen LogP contribution in [0.4, 0.5) is 5.82 Å². The quantitative estimate of drug-likeness (QED) is 0.839. The molecule has 1 saturated heterocycles. The molecule has 2 aromatic rings. The van der Waals surface area contributed by atoms with E-state index in [-0.39, 0.29) is 5.28 Å². The highest BCUT2D eigenvalue weighted by Crippen LogP contribution is 2.21. The van der Waals surface area contributed by atoms with Gasteiger partial charge in [0.1, 0.15) is 5.52 Å². The number of aromatic nitrogens is 4. The molecule has 0 unspecified atom stereocenters. The van der Waals surface area contributed by atoms with Crippen LogP contribution in [-0.2, 0) is 0 Å². The summed E-state index contributed by atoms with van der Waals surface area (Å²) in [5.74, 6) is 1.43. The summed E-state index contributed by atoms with van der Waals surface area (Å²) in [7, 11) is 2.17. The molecule has 1 aliphatic heterocycles. The number of imidazole rings is 1. The summed E-state index contributed by atoms with van der Waals surface area (Å²) in [5.41, 5.74) is 1.42. The zero-order valence-corrected chi connectivity index (χ0v) is 11.6. The molecule has 0 saturated carbocycles. The second-order valence-corrected chi connectivity index (χ2v) is 5.41. The summed E-state index contributed by atoms with van der Waals surface area (Å²) < 4.78 is 0. The first kappa shape index (κ1) is 12.6. The number of aromatic amines is 1. The molecule has 1 aliphatic rings. The maximum absolute atomic E-state index is 5.90. The molecule has 3 heterocycles. The van der Waals surface area contributed by atoms with Gasteiger partial charge in [0.15, 0.2) is 11.5 Å². The standard InChI is InChI=1S/C12H17ClN6/c1-19-4-2-8(3-5-19)6-14-10-9-11(16-7-15-9)18-12(13)17-10/h7-8H,2-6H2,1H3,(H2,14,15,16,17,18). The zero-order valence-electron chi connectivity index (χ0n) is 10.9. The topological polar surface area (TPSA) is 69.7 Å². The van der Waals surface area contributed by atoms with E-state index in [2.05, 4.69) is 37.2 Å². The van der Waals surface area contributed by atoms with E-state index in [4.69, 9.17) is 11.6 Å². The van der Waals surface area contributed by atoms with Gasteiger partial charge in [0.25, 0.3) is 0 Å². The van der Waals surface area contributed by atoms with E-state index < -0.39 is 0 Å². The molecule has 1 fully saturated rings. The van der Waals surface area contributed by atoms with E-state index in [0.717, 1.165) is 31.0 Å². The maximum atomic E-state index is 5.90. The fraction of sp³-hybridized carbons (Fsp3) is 0.583. The van der Waals surface area contributed by atoms with Crippen molar-refractivity contribution in [3.63, 3.8) is 0 Å². The van der Waals surface area contributed by atoms with Crippen molar-refractivity contribution >= 4 is 28.6 Å². The Morgan fingerprint density at radius 3 is 3.00 bits per heavy atom. The minimum absolute atomic E-state index is 0.227. The molecule has 0 atom stereocenters. The Morgan fingerprint density at radius 1 is 1.42 bits per heavy atom. The van der Waals surface area contributed by atoms with Gasteiger partial charge in [-0.1, -0.05) is 0 Å². The number of fused-ring (bicyclic) bond motifs is 1. The van der Waals surface area contributed by atoms with Gasteiger partial charge in [-0.05, 0) is 50.5 Å². The Labute approximate surface area is 116 Å². The minimum Gasteiger partial charge on any atom is -0.368 e. The molecular weight excluding hydrogens is 264 g/mol. The van der Waals surface area contributed by atoms with Crippen LogP contribution in [0.3, 0.4) is 0 Å². The number of hydrogen-bond acceptors (Lipinski definition) is 5. The molecule has 0 bridgehead atoms. The second-order valence-electron chi connectivity index (χ2n) is 5.07. The third kappa shape index (κ3) is 2.79. The summed E-state index contributed by atoms with van der Waals surface area (Å²) in [6.45, 7) is 3.24. The molecule has 7 heteroatoms. The van der Waals surface area contributed by atoms with Crippen molar-refractivity contribution in [3.05, 3.63) is 11.6 Å². The van der Waals surface area contributed by atoms with Crippen molar-refractivity contribution in [1.29, 1.82) is 0 Å². The lowest BCUT2D eigenvalue weighted by Gasteiger charge is -2.29. The smallest absolute Gasteiger partial charge is 0.226 e. The van der Waals surface area contributed by atoms with Gasteiger partial charge in [-0.15, -0.1) is 0 Å². The minimum atomic E-state index is 0.227. The fourth-order valence-corrected chi connectivity index (χ4v) is 2.61. The molecule has 0 spiro atoms. The number of H-pyrrole nitrogens is 1. The van der Waals surface area contributed by atoms with Crippen LogP contribution in [0.2, 0.25) is 5.28 Å². The maximum Gasteiger partial charge on any atom is 0.226 e. The molecule has 2 N–H and O–H groups in total. The van der Waals surface area contributed by atoms with Crippen molar-refractivity contribution in [1.82, 2.24) is 24.8 Å². The van der Waals surface area contributed by atoms with Gasteiger partial charge in [-0.3, -0.25) is 0 Å². The van der Waals surface area contributed by atoms with Crippen molar-refractivity contribution < 1.29 is 0 Å². The van der Waals surface area contributed by atoms with E-state index >= 15 is 0 Å². The van der Waals surface area contributed by atoms with Crippen molar-refractivity contribution in [2.45, 2.75) is 12.8 Å². The predicted molar refractivity (Wildman–Crippen MR) is 75.4 cm³/mol. The predicted octanol–water partition coefficient (Wildman–Crippen LogP) is 1.76. The number of nitrogens with zero attached hydrogens (tertiary/aromatic N) is 4. The summed E-state index contributed by atoms with van der Waals surface area (Å²) >= 11 is 5.90. The van der Waals surface area contributed by atoms with Gasteiger partial charge in [0.05, 0.1) is 6.33 Å². The van der Waals surface area contributed by atoms with Gasteiger partial charge in [-0.25, -0.2) is 4.98 Å². The largest absolute Gasteiger partial charge is 0.368 e. The Morgan fingerprint density at radius 2 is 2.21 bits per heavy atom. The van der Waals surface area contributed by atoms with Crippen LogP contribution < -0.4 is 5.32 Å². The fourth-order valence-electron chi connectivity index (χ4n) is 2.44. The average molecular weight is 281 g/mol. The summed E-state index contributed by atoms with van der Waals surface area (Å²) in [6, 6.07) is 0. The summed E-state index contributed by atoms with van der Waals surface area (Å²) in [6.07, 6.45) is 4.04. The van der Waals surface area contributed by atoms with Gasteiger partial charge in [-0.2, -0.15) is 9.97 Å². The Balaban J connectivity index is 1.69. The van der Waals surface area contributed by atoms with Crippen LogP contribution in [0.15, 0.2) is 6.33 Å². The number of hydrogen-bond donors (Lipinski definition) is 2. The number of rotatable bonds is 3. The molecule has 2 aromatic heterocycles. The van der Waals surface area contributed by atoms with Crippen LogP contribution in [0, 0.1) is 5.92 Å². The van der Waals surface area contributed by atoms with E-state index in [1.165, 1.54) is 12.8 Å². The first-order valence-electron chi connectivity index (χ1n) is 6.51. The molecule has 3 rings (SSSR count). The zero-order chi connectivity index (χ0) is 13.2. The Bertz CT molecular complexity index is 560. The van der Waals surface area contributed by atoms with Crippen LogP contribution in [0.1, 0.15) is 12.8 Å². The third-order valence-electron chi connectivity index (χ3n) is 3.65. The molecule has 0 amide bonds. The molecule has 0 aliphatic carbocycles. The number of anilines is 1. The van der Waals surface area contributed by atoms with Crippen LogP contribution in [0.25, 0.3) is 11.2 Å². The summed E-state index contributed by atoms with van der Waals surface area (Å²) in [5, 5.41) is 3.60. The number of likely N-dealkylation sites (tertiary alicyclic amines) is 1. The lowest BCUT2D eigenvalue weighted by molar-refractivity contribution is 0.226. The lowest BCUT2D eigenvalue weighted by atomic mass is 9.97. The van der Waals surface area contributed by atoms with E-state index in [9.17, 15) is 0 Å². The van der Waals surface area contributed by atoms with Crippen molar-refractivity contribution in [2.24, 2.45) is 5.92 Å². The van der Waals surface area contributed by atoms with E-state index in [0.29, 0.717) is 11.6 Å². The molecular formula is C12H17ClN6. The van der Waals surface area contributed by atoms with Gasteiger partial charge >= 0.3 is 0 Å². The van der Waals surface area contributed by atoms with Crippen molar-refractivity contribution in [3.8, 4) is 0 Å². The molecule has 0 aromatic carbocycles. The van der Waals surface area contributed by atoms with E-state index in [1.807, 2.05) is 0 Å². The van der Waals surface area contributed by atoms with Crippen molar-refractivity contribution in [2.75, 3.05) is 32.0 Å². The van der Waals surface area contributed by atoms with E-state index in [1.54, 1.807) is 6.33 Å². The second kappa shape index (κ2) is 5.30. The van der Waals surface area contributed by atoms with Crippen LogP contribution in [-0.4, -0.2) is 51.5 Å². The lowest BCUT2D eigenvalue weighted by Crippen LogP contribution is -2.33. The summed E-state index contributed by atoms with van der Waals surface area (Å²) in [4.78, 5) is 17.8. The highest BCUT2D eigenvalue weighted by molar-refractivity contribution is 6.28. The number of halogens is 1. The van der Waals surface area contributed by atoms with Gasteiger partial charge in [0.2, 0.25) is 5.28 Å². The normalized spacial score (nSPS) is 18.0. The SMILES string of the molecule is CN1CCC(CNc2nc(Cl)nc3nc[nH]c23)CC1. The molecule has 19 heavy (non-hydrogen) atoms. The third-order valence-corrected chi connectivity index (χ3v) is 3.82. The Kier molecular flexibility index (Phi) is 3.52. The Hall–Kier alpha value is -1.40. The first-order valence-corrected chi connectivity index (χ1v) is 6.89. The highest BCUT2D eigenvalue weighted by atomic mass is 35.5. The van der Waals surface area contributed by atoms with Gasteiger partial charge < -0.3 is 15.2 Å². The molecule has 6 nitrogen and oxygen atoms in total. The first-order chi connectivity index (χ1) is 9.22. The van der Waals surface area contributed by atoms with Crippen LogP contribution in [0.5, 0.6) is 0 Å². The highest BCUT2D eigenvalue weighted by Gasteiger charge is 2.17. The van der Waals surface area contributed by atoms with Crippen LogP contribution >= 0.6 is 11.6 Å². The van der Waals surface area contributed by atoms with Gasteiger partial charge in [0, 0.05) is 6.54 Å². The average Bonchev–Trinajstić information content (AvgIpc) is 2.85. The molecule has 102 valence electrons.